The third-order valence-corrected chi connectivity index (χ3v) is 5.15. The second-order valence-electron chi connectivity index (χ2n) is 7.68. The summed E-state index contributed by atoms with van der Waals surface area (Å²) < 4.78 is 14.3. The van der Waals surface area contributed by atoms with Gasteiger partial charge in [-0.15, -0.1) is 0 Å². The molecule has 6 heteroatoms. The summed E-state index contributed by atoms with van der Waals surface area (Å²) in [6.07, 6.45) is 6.98. The van der Waals surface area contributed by atoms with Crippen molar-refractivity contribution in [1.29, 1.82) is 0 Å². The number of benzene rings is 1. The van der Waals surface area contributed by atoms with Crippen LogP contribution in [-0.2, 0) is 17.8 Å². The topological polar surface area (TPSA) is 46.6 Å². The van der Waals surface area contributed by atoms with Crippen molar-refractivity contribution < 1.29 is 43.8 Å². The molecule has 0 amide bonds. The summed E-state index contributed by atoms with van der Waals surface area (Å²) in [7, 11) is 2.01. The van der Waals surface area contributed by atoms with Crippen LogP contribution < -0.4 is 34.7 Å². The van der Waals surface area contributed by atoms with Crippen LogP contribution in [0.4, 0.5) is 4.39 Å². The van der Waals surface area contributed by atoms with Crippen molar-refractivity contribution in [3.8, 4) is 0 Å². The van der Waals surface area contributed by atoms with Crippen LogP contribution in [0.1, 0.15) is 50.7 Å². The summed E-state index contributed by atoms with van der Waals surface area (Å²) in [5.41, 5.74) is 3.52. The Morgan fingerprint density at radius 1 is 1.26 bits per heavy atom. The van der Waals surface area contributed by atoms with Crippen molar-refractivity contribution in [3.63, 3.8) is 0 Å². The first-order valence-electron chi connectivity index (χ1n) is 10.7. The van der Waals surface area contributed by atoms with E-state index in [2.05, 4.69) is 36.0 Å². The first kappa shape index (κ1) is 29.6. The van der Waals surface area contributed by atoms with Gasteiger partial charge in [0.2, 0.25) is 0 Å². The maximum atomic E-state index is 14.3. The maximum absolute atomic E-state index is 14.3. The molecule has 0 aliphatic heterocycles. The van der Waals surface area contributed by atoms with Gasteiger partial charge in [-0.05, 0) is 69.3 Å². The summed E-state index contributed by atoms with van der Waals surface area (Å²) in [5, 5.41) is 10.6. The molecule has 0 spiro atoms. The van der Waals surface area contributed by atoms with Crippen LogP contribution in [0.3, 0.4) is 0 Å². The van der Waals surface area contributed by atoms with Crippen molar-refractivity contribution >= 4 is 5.97 Å². The van der Waals surface area contributed by atoms with Gasteiger partial charge < -0.3 is 14.8 Å². The van der Waals surface area contributed by atoms with E-state index in [0.29, 0.717) is 12.1 Å². The molecule has 0 N–H and O–H groups in total. The van der Waals surface area contributed by atoms with Gasteiger partial charge in [-0.2, -0.15) is 0 Å². The minimum absolute atomic E-state index is 0. The standard InChI is InChI=1S/C25H37FN2O2.Na/c1-6-15-28(16-9-10-20(4)7-2)19-23(8-3)27(5)18-21-11-12-22(24(26)17-21)13-14-25(29)30;/h7-8,11-12,17H,2,4,6,9-10,13-16,18-19H2,1,3,5H3,(H,29,30);/q;+1/p-1/b23-8+;. The number of nitrogens with zero attached hydrogens (tertiary/aromatic N) is 2. The SMILES string of the molecule is C=CC(=C)CCCN(CCC)C/C(=C\C)N(C)Cc1ccc(CCC(=O)[O-])c(F)c1.[Na+]. The van der Waals surface area contributed by atoms with E-state index in [1.807, 2.05) is 26.1 Å². The van der Waals surface area contributed by atoms with Crippen molar-refractivity contribution in [1.82, 2.24) is 9.80 Å². The van der Waals surface area contributed by atoms with Gasteiger partial charge >= 0.3 is 29.6 Å². The van der Waals surface area contributed by atoms with Gasteiger partial charge in [0.1, 0.15) is 5.82 Å². The van der Waals surface area contributed by atoms with Gasteiger partial charge in [0, 0.05) is 31.8 Å². The van der Waals surface area contributed by atoms with Gasteiger partial charge in [0.25, 0.3) is 0 Å². The molecule has 0 heterocycles. The Morgan fingerprint density at radius 3 is 2.52 bits per heavy atom. The van der Waals surface area contributed by atoms with E-state index in [9.17, 15) is 14.3 Å². The minimum Gasteiger partial charge on any atom is -0.550 e. The zero-order valence-electron chi connectivity index (χ0n) is 19.8. The van der Waals surface area contributed by atoms with Gasteiger partial charge in [0.05, 0.1) is 0 Å². The van der Waals surface area contributed by atoms with Crippen molar-refractivity contribution in [2.24, 2.45) is 0 Å². The molecule has 0 bridgehead atoms. The molecular weight excluding hydrogens is 402 g/mol. The van der Waals surface area contributed by atoms with E-state index >= 15 is 0 Å². The Kier molecular flexibility index (Phi) is 15.5. The quantitative estimate of drug-likeness (QED) is 0.304. The average Bonchev–Trinajstić information content (AvgIpc) is 2.70. The number of aryl methyl sites for hydroxylation is 1. The van der Waals surface area contributed by atoms with E-state index in [0.717, 1.165) is 50.0 Å². The largest absolute Gasteiger partial charge is 1.00 e. The fraction of sp³-hybridized carbons (Fsp3) is 0.480. The Bertz CT molecular complexity index is 749. The smallest absolute Gasteiger partial charge is 0.550 e. The molecule has 31 heavy (non-hydrogen) atoms. The number of aliphatic carboxylic acids is 1. The molecule has 1 aromatic carbocycles. The van der Waals surface area contributed by atoms with Gasteiger partial charge in [-0.3, -0.25) is 4.90 Å². The Morgan fingerprint density at radius 2 is 1.97 bits per heavy atom. The number of rotatable bonds is 15. The number of carbonyl (C=O) groups is 1. The molecule has 0 radical (unpaired) electrons. The predicted octanol–water partition coefficient (Wildman–Crippen LogP) is 1.08. The number of allylic oxidation sites excluding steroid dienone is 3. The first-order chi connectivity index (χ1) is 14.3. The molecule has 0 saturated heterocycles. The van der Waals surface area contributed by atoms with Crippen LogP contribution in [0.15, 0.2) is 54.8 Å². The summed E-state index contributed by atoms with van der Waals surface area (Å²) in [6.45, 7) is 15.4. The number of carboxylic acid groups (broad SMARTS) is 1. The zero-order valence-corrected chi connectivity index (χ0v) is 21.8. The van der Waals surface area contributed by atoms with E-state index in [1.165, 1.54) is 11.8 Å². The second-order valence-corrected chi connectivity index (χ2v) is 7.68. The Hall–Kier alpha value is -1.40. The van der Waals surface area contributed by atoms with Crippen LogP contribution >= 0.6 is 0 Å². The molecule has 0 saturated carbocycles. The second kappa shape index (κ2) is 16.3. The molecule has 0 atom stereocenters. The van der Waals surface area contributed by atoms with Crippen LogP contribution in [0.5, 0.6) is 0 Å². The average molecular weight is 439 g/mol. The number of hydrogen-bond acceptors (Lipinski definition) is 4. The molecule has 0 aromatic heterocycles. The molecule has 0 fully saturated rings. The Balaban J connectivity index is 0.00000900. The molecule has 0 aliphatic rings. The van der Waals surface area contributed by atoms with Crippen molar-refractivity contribution in [3.05, 3.63) is 71.7 Å². The summed E-state index contributed by atoms with van der Waals surface area (Å²) in [6, 6.07) is 5.04. The van der Waals surface area contributed by atoms with E-state index in [1.54, 1.807) is 6.07 Å². The third-order valence-electron chi connectivity index (χ3n) is 5.15. The van der Waals surface area contributed by atoms with E-state index in [4.69, 9.17) is 0 Å². The number of halogens is 1. The van der Waals surface area contributed by atoms with Crippen LogP contribution in [-0.4, -0.2) is 42.5 Å². The fourth-order valence-corrected chi connectivity index (χ4v) is 3.38. The summed E-state index contributed by atoms with van der Waals surface area (Å²) in [5.74, 6) is -1.53. The fourth-order valence-electron chi connectivity index (χ4n) is 3.38. The maximum Gasteiger partial charge on any atom is 1.00 e. The molecule has 1 aromatic rings. The monoisotopic (exact) mass is 438 g/mol. The zero-order chi connectivity index (χ0) is 22.5. The normalized spacial score (nSPS) is 11.2. The van der Waals surface area contributed by atoms with E-state index in [-0.39, 0.29) is 48.2 Å². The summed E-state index contributed by atoms with van der Waals surface area (Å²) in [4.78, 5) is 15.2. The minimum atomic E-state index is -1.17. The molecule has 166 valence electrons. The number of likely N-dealkylation sites (N-methyl/N-ethyl adjacent to an activating group) is 1. The van der Waals surface area contributed by atoms with Crippen molar-refractivity contribution in [2.75, 3.05) is 26.7 Å². The number of carbonyl (C=O) groups excluding carboxylic acids is 1. The molecule has 0 aliphatic carbocycles. The third kappa shape index (κ3) is 11.7. The molecule has 0 unspecified atom stereocenters. The van der Waals surface area contributed by atoms with E-state index < -0.39 is 5.97 Å². The van der Waals surface area contributed by atoms with Crippen molar-refractivity contribution in [2.45, 2.75) is 52.5 Å². The van der Waals surface area contributed by atoms with Crippen LogP contribution in [0.25, 0.3) is 0 Å². The number of hydrogen-bond donors (Lipinski definition) is 0. The molecule has 4 nitrogen and oxygen atoms in total. The van der Waals surface area contributed by atoms with Crippen LogP contribution in [0, 0.1) is 5.82 Å². The van der Waals surface area contributed by atoms with Gasteiger partial charge in [0.15, 0.2) is 0 Å². The Labute approximate surface area is 209 Å². The van der Waals surface area contributed by atoms with Gasteiger partial charge in [-0.1, -0.05) is 49.9 Å². The van der Waals surface area contributed by atoms with Gasteiger partial charge in [-0.25, -0.2) is 4.39 Å². The van der Waals surface area contributed by atoms with Crippen LogP contribution in [0.2, 0.25) is 0 Å². The summed E-state index contributed by atoms with van der Waals surface area (Å²) >= 11 is 0. The molecule has 1 rings (SSSR count). The predicted molar refractivity (Wildman–Crippen MR) is 120 cm³/mol. The first-order valence-corrected chi connectivity index (χ1v) is 10.7. The molecular formula is C25H36FN2NaO2. The number of carboxylic acids is 1.